The van der Waals surface area contributed by atoms with Crippen LogP contribution in [0.4, 0.5) is 0 Å². The van der Waals surface area contributed by atoms with Gasteiger partial charge in [0.15, 0.2) is 12.0 Å². The molecule has 2 aromatic carbocycles. The molecule has 1 atom stereocenters. The van der Waals surface area contributed by atoms with E-state index >= 15 is 0 Å². The van der Waals surface area contributed by atoms with Gasteiger partial charge in [0, 0.05) is 17.4 Å². The van der Waals surface area contributed by atoms with Crippen molar-refractivity contribution in [3.05, 3.63) is 54.6 Å². The van der Waals surface area contributed by atoms with Crippen LogP contribution in [-0.2, 0) is 4.74 Å². The molecule has 120 valence electrons. The van der Waals surface area contributed by atoms with E-state index in [1.54, 1.807) is 0 Å². The molecule has 3 heterocycles. The van der Waals surface area contributed by atoms with Crippen molar-refractivity contribution in [2.24, 2.45) is 0 Å². The smallest absolute Gasteiger partial charge is 0.156 e. The first-order valence-electron chi connectivity index (χ1n) is 8.48. The summed E-state index contributed by atoms with van der Waals surface area (Å²) >= 11 is 0. The topological polar surface area (TPSA) is 40.2 Å². The predicted molar refractivity (Wildman–Crippen MR) is 93.8 cm³/mol. The van der Waals surface area contributed by atoms with Crippen molar-refractivity contribution in [1.82, 2.24) is 9.78 Å². The van der Waals surface area contributed by atoms with Crippen molar-refractivity contribution >= 4 is 21.9 Å². The minimum atomic E-state index is 0.0155. The minimum absolute atomic E-state index is 0.0155. The molecule has 4 heteroatoms. The van der Waals surface area contributed by atoms with E-state index in [9.17, 15) is 0 Å². The third-order valence-corrected chi connectivity index (χ3v) is 4.70. The molecule has 2 aromatic heterocycles. The van der Waals surface area contributed by atoms with Crippen molar-refractivity contribution in [3.63, 3.8) is 0 Å². The molecular formula is C20H18N2O2. The highest BCUT2D eigenvalue weighted by atomic mass is 16.5. The Kier molecular flexibility index (Phi) is 3.16. The highest BCUT2D eigenvalue weighted by Gasteiger charge is 2.22. The Hall–Kier alpha value is -2.59. The molecule has 1 aliphatic heterocycles. The lowest BCUT2D eigenvalue weighted by Gasteiger charge is -2.23. The monoisotopic (exact) mass is 318 g/mol. The Morgan fingerprint density at radius 3 is 2.75 bits per heavy atom. The number of aromatic nitrogens is 2. The summed E-state index contributed by atoms with van der Waals surface area (Å²) in [4.78, 5) is 0. The molecule has 1 aliphatic rings. The Balaban J connectivity index is 1.70. The van der Waals surface area contributed by atoms with Crippen LogP contribution in [0.5, 0.6) is 0 Å². The summed E-state index contributed by atoms with van der Waals surface area (Å²) in [7, 11) is 0. The second kappa shape index (κ2) is 5.49. The summed E-state index contributed by atoms with van der Waals surface area (Å²) in [5.74, 6) is 0.807. The summed E-state index contributed by atoms with van der Waals surface area (Å²) < 4.78 is 14.0. The van der Waals surface area contributed by atoms with E-state index in [4.69, 9.17) is 14.3 Å². The molecule has 4 nitrogen and oxygen atoms in total. The number of para-hydroxylation sites is 2. The van der Waals surface area contributed by atoms with E-state index in [1.807, 2.05) is 35.0 Å². The lowest BCUT2D eigenvalue weighted by Crippen LogP contribution is -2.19. The van der Waals surface area contributed by atoms with Crippen molar-refractivity contribution in [1.29, 1.82) is 0 Å². The number of rotatable bonds is 2. The van der Waals surface area contributed by atoms with E-state index < -0.39 is 0 Å². The van der Waals surface area contributed by atoms with Gasteiger partial charge in [0.2, 0.25) is 0 Å². The number of nitrogens with zero attached hydrogens (tertiary/aromatic N) is 2. The SMILES string of the molecule is c1ccc2oc(-c3nn(C4CCCCO4)c4ccccc34)cc2c1. The van der Waals surface area contributed by atoms with Crippen LogP contribution in [0.1, 0.15) is 25.5 Å². The first kappa shape index (κ1) is 13.8. The van der Waals surface area contributed by atoms with Gasteiger partial charge in [-0.2, -0.15) is 5.10 Å². The number of hydrogen-bond acceptors (Lipinski definition) is 3. The van der Waals surface area contributed by atoms with E-state index in [0.717, 1.165) is 52.8 Å². The Morgan fingerprint density at radius 1 is 1.00 bits per heavy atom. The second-order valence-corrected chi connectivity index (χ2v) is 6.28. The van der Waals surface area contributed by atoms with Crippen LogP contribution in [0.15, 0.2) is 59.0 Å². The fourth-order valence-electron chi connectivity index (χ4n) is 3.51. The number of hydrogen-bond donors (Lipinski definition) is 0. The molecular weight excluding hydrogens is 300 g/mol. The molecule has 24 heavy (non-hydrogen) atoms. The normalized spacial score (nSPS) is 18.4. The van der Waals surface area contributed by atoms with Gasteiger partial charge in [-0.25, -0.2) is 4.68 Å². The maximum Gasteiger partial charge on any atom is 0.156 e. The van der Waals surface area contributed by atoms with Gasteiger partial charge in [0.05, 0.1) is 5.52 Å². The lowest BCUT2D eigenvalue weighted by atomic mass is 10.1. The summed E-state index contributed by atoms with van der Waals surface area (Å²) in [6.07, 6.45) is 3.33. The maximum absolute atomic E-state index is 6.05. The van der Waals surface area contributed by atoms with E-state index in [0.29, 0.717) is 0 Å². The molecule has 0 spiro atoms. The molecule has 1 fully saturated rings. The second-order valence-electron chi connectivity index (χ2n) is 6.28. The van der Waals surface area contributed by atoms with Crippen molar-refractivity contribution in [2.45, 2.75) is 25.5 Å². The molecule has 1 unspecified atom stereocenters. The van der Waals surface area contributed by atoms with Crippen molar-refractivity contribution in [3.8, 4) is 11.5 Å². The summed E-state index contributed by atoms with van der Waals surface area (Å²) in [6, 6.07) is 18.4. The number of ether oxygens (including phenoxy) is 1. The molecule has 0 radical (unpaired) electrons. The number of fused-ring (bicyclic) bond motifs is 2. The fraction of sp³-hybridized carbons (Fsp3) is 0.250. The van der Waals surface area contributed by atoms with Gasteiger partial charge in [-0.3, -0.25) is 0 Å². The third-order valence-electron chi connectivity index (χ3n) is 4.70. The van der Waals surface area contributed by atoms with Gasteiger partial charge in [-0.15, -0.1) is 0 Å². The molecule has 0 aliphatic carbocycles. The molecule has 4 aromatic rings. The molecule has 0 amide bonds. The van der Waals surface area contributed by atoms with Gasteiger partial charge in [0.25, 0.3) is 0 Å². The molecule has 0 N–H and O–H groups in total. The van der Waals surface area contributed by atoms with Crippen molar-refractivity contribution < 1.29 is 9.15 Å². The fourth-order valence-corrected chi connectivity index (χ4v) is 3.51. The van der Waals surface area contributed by atoms with Crippen LogP contribution in [0.25, 0.3) is 33.3 Å². The minimum Gasteiger partial charge on any atom is -0.454 e. The van der Waals surface area contributed by atoms with Crippen molar-refractivity contribution in [2.75, 3.05) is 6.61 Å². The van der Waals surface area contributed by atoms with E-state index in [2.05, 4.69) is 24.3 Å². The first-order chi connectivity index (χ1) is 11.9. The Morgan fingerprint density at radius 2 is 1.88 bits per heavy atom. The summed E-state index contributed by atoms with van der Waals surface area (Å²) in [6.45, 7) is 0.804. The lowest BCUT2D eigenvalue weighted by molar-refractivity contribution is -0.0365. The van der Waals surface area contributed by atoms with Gasteiger partial charge < -0.3 is 9.15 Å². The number of benzene rings is 2. The largest absolute Gasteiger partial charge is 0.454 e. The van der Waals surface area contributed by atoms with E-state index in [1.165, 1.54) is 6.42 Å². The average Bonchev–Trinajstić information content (AvgIpc) is 3.24. The first-order valence-corrected chi connectivity index (χ1v) is 8.48. The zero-order chi connectivity index (χ0) is 15.9. The zero-order valence-electron chi connectivity index (χ0n) is 13.3. The summed E-state index contributed by atoms with van der Waals surface area (Å²) in [5, 5.41) is 7.08. The van der Waals surface area contributed by atoms with Gasteiger partial charge in [-0.1, -0.05) is 36.4 Å². The van der Waals surface area contributed by atoms with Crippen LogP contribution in [0.3, 0.4) is 0 Å². The Bertz CT molecular complexity index is 976. The summed E-state index contributed by atoms with van der Waals surface area (Å²) in [5.41, 5.74) is 2.87. The quantitative estimate of drug-likeness (QED) is 0.513. The van der Waals surface area contributed by atoms with Crippen LogP contribution in [-0.4, -0.2) is 16.4 Å². The van der Waals surface area contributed by atoms with Crippen LogP contribution < -0.4 is 0 Å². The molecule has 5 rings (SSSR count). The van der Waals surface area contributed by atoms with Crippen LogP contribution >= 0.6 is 0 Å². The highest BCUT2D eigenvalue weighted by molar-refractivity contribution is 5.94. The van der Waals surface area contributed by atoms with Gasteiger partial charge in [0.1, 0.15) is 11.3 Å². The predicted octanol–water partition coefficient (Wildman–Crippen LogP) is 5.15. The average molecular weight is 318 g/mol. The number of furan rings is 1. The Labute approximate surface area is 139 Å². The standard InChI is InChI=1S/C20H18N2O2/c1-4-10-17-14(7-1)13-18(24-17)20-15-8-2-3-9-16(15)22(21-20)19-11-5-6-12-23-19/h1-4,7-10,13,19H,5-6,11-12H2. The van der Waals surface area contributed by atoms with Gasteiger partial charge in [-0.05, 0) is 37.5 Å². The molecule has 0 bridgehead atoms. The highest BCUT2D eigenvalue weighted by Crippen LogP contribution is 2.35. The van der Waals surface area contributed by atoms with Crippen LogP contribution in [0.2, 0.25) is 0 Å². The van der Waals surface area contributed by atoms with Crippen LogP contribution in [0, 0.1) is 0 Å². The molecule has 0 saturated carbocycles. The third kappa shape index (κ3) is 2.14. The zero-order valence-corrected chi connectivity index (χ0v) is 13.3. The molecule has 1 saturated heterocycles. The maximum atomic E-state index is 6.05. The van der Waals surface area contributed by atoms with Gasteiger partial charge >= 0.3 is 0 Å². The van der Waals surface area contributed by atoms with E-state index in [-0.39, 0.29) is 6.23 Å².